The summed E-state index contributed by atoms with van der Waals surface area (Å²) in [4.78, 5) is 18.1. The van der Waals surface area contributed by atoms with Crippen molar-refractivity contribution in [1.82, 2.24) is 14.7 Å². The summed E-state index contributed by atoms with van der Waals surface area (Å²) in [6.45, 7) is 6.19. The largest absolute Gasteiger partial charge is 0.390 e. The van der Waals surface area contributed by atoms with Gasteiger partial charge >= 0.3 is 6.18 Å². The second-order valence-corrected chi connectivity index (χ2v) is 5.95. The number of carbonyl (C=O) groups excluding carboxylic acids is 1. The number of carbonyl (C=O) groups is 1. The molecule has 0 radical (unpaired) electrons. The van der Waals surface area contributed by atoms with Crippen LogP contribution in [0.2, 0.25) is 0 Å². The van der Waals surface area contributed by atoms with Crippen LogP contribution in [-0.2, 0) is 4.79 Å². The summed E-state index contributed by atoms with van der Waals surface area (Å²) in [6.07, 6.45) is -2.70. The minimum atomic E-state index is -4.09. The smallest absolute Gasteiger partial charge is 0.341 e. The normalized spacial score (nSPS) is 23.5. The van der Waals surface area contributed by atoms with Gasteiger partial charge in [0.2, 0.25) is 5.91 Å². The Balaban J connectivity index is 1.74. The molecule has 0 aliphatic carbocycles. The zero-order valence-electron chi connectivity index (χ0n) is 12.5. The van der Waals surface area contributed by atoms with E-state index in [1.165, 1.54) is 0 Å². The number of likely N-dealkylation sites (tertiary alicyclic amines) is 1. The molecule has 4 nitrogen and oxygen atoms in total. The zero-order valence-corrected chi connectivity index (χ0v) is 12.5. The second-order valence-electron chi connectivity index (χ2n) is 5.95. The molecule has 7 heteroatoms. The monoisotopic (exact) mass is 307 g/mol. The van der Waals surface area contributed by atoms with E-state index < -0.39 is 12.6 Å². The molecule has 1 amide bonds. The first-order chi connectivity index (χ1) is 9.87. The maximum atomic E-state index is 12.3. The van der Waals surface area contributed by atoms with Gasteiger partial charge in [0.15, 0.2) is 0 Å². The van der Waals surface area contributed by atoms with Crippen LogP contribution in [0.4, 0.5) is 13.2 Å². The lowest BCUT2D eigenvalue weighted by atomic mass is 10.2. The van der Waals surface area contributed by atoms with Crippen LogP contribution < -0.4 is 0 Å². The molecule has 0 bridgehead atoms. The van der Waals surface area contributed by atoms with Gasteiger partial charge in [0.25, 0.3) is 0 Å². The predicted octanol–water partition coefficient (Wildman–Crippen LogP) is 1.57. The fourth-order valence-corrected chi connectivity index (χ4v) is 3.02. The first kappa shape index (κ1) is 16.5. The Kier molecular flexibility index (Phi) is 5.48. The molecule has 1 atom stereocenters. The third-order valence-electron chi connectivity index (χ3n) is 4.44. The fraction of sp³-hybridized carbons (Fsp3) is 0.929. The number of amides is 1. The first-order valence-electron chi connectivity index (χ1n) is 7.69. The molecule has 2 aliphatic rings. The number of halogens is 3. The lowest BCUT2D eigenvalue weighted by Gasteiger charge is -2.38. The molecule has 0 N–H and O–H groups in total. The van der Waals surface area contributed by atoms with Crippen molar-refractivity contribution in [3.63, 3.8) is 0 Å². The van der Waals surface area contributed by atoms with Crippen LogP contribution in [0.15, 0.2) is 0 Å². The van der Waals surface area contributed by atoms with E-state index in [1.807, 2.05) is 16.7 Å². The van der Waals surface area contributed by atoms with Gasteiger partial charge in [-0.3, -0.25) is 9.69 Å². The molecular formula is C14H24F3N3O. The zero-order chi connectivity index (χ0) is 15.5. The molecule has 2 aliphatic heterocycles. The molecule has 122 valence electrons. The van der Waals surface area contributed by atoms with Gasteiger partial charge in [-0.1, -0.05) is 0 Å². The summed E-state index contributed by atoms with van der Waals surface area (Å²) < 4.78 is 36.6. The number of alkyl halides is 3. The van der Waals surface area contributed by atoms with Crippen LogP contribution in [0.1, 0.15) is 26.2 Å². The summed E-state index contributed by atoms with van der Waals surface area (Å²) >= 11 is 0. The molecule has 0 aromatic carbocycles. The molecule has 21 heavy (non-hydrogen) atoms. The summed E-state index contributed by atoms with van der Waals surface area (Å²) in [6, 6.07) is -0.159. The average Bonchev–Trinajstić information content (AvgIpc) is 2.97. The summed E-state index contributed by atoms with van der Waals surface area (Å²) in [5.74, 6) is 0.163. The highest BCUT2D eigenvalue weighted by molar-refractivity contribution is 5.81. The van der Waals surface area contributed by atoms with E-state index in [0.717, 1.165) is 25.9 Å². The topological polar surface area (TPSA) is 26.8 Å². The van der Waals surface area contributed by atoms with E-state index in [2.05, 4.69) is 4.90 Å². The van der Waals surface area contributed by atoms with Gasteiger partial charge in [-0.25, -0.2) is 0 Å². The number of piperazine rings is 1. The third kappa shape index (κ3) is 4.85. The van der Waals surface area contributed by atoms with Crippen LogP contribution in [-0.4, -0.2) is 78.6 Å². The van der Waals surface area contributed by atoms with Crippen molar-refractivity contribution in [2.75, 3.05) is 45.8 Å². The van der Waals surface area contributed by atoms with Crippen molar-refractivity contribution in [1.29, 1.82) is 0 Å². The molecule has 2 rings (SSSR count). The van der Waals surface area contributed by atoms with E-state index in [9.17, 15) is 18.0 Å². The van der Waals surface area contributed by atoms with E-state index >= 15 is 0 Å². The van der Waals surface area contributed by atoms with Crippen molar-refractivity contribution in [3.05, 3.63) is 0 Å². The van der Waals surface area contributed by atoms with Crippen LogP contribution in [0, 0.1) is 0 Å². The summed E-state index contributed by atoms with van der Waals surface area (Å²) in [5.41, 5.74) is 0. The van der Waals surface area contributed by atoms with Crippen LogP contribution in [0.5, 0.6) is 0 Å². The van der Waals surface area contributed by atoms with Crippen LogP contribution >= 0.6 is 0 Å². The Labute approximate surface area is 123 Å². The molecule has 2 fully saturated rings. The number of rotatable bonds is 4. The lowest BCUT2D eigenvalue weighted by Crippen LogP contribution is -2.54. The van der Waals surface area contributed by atoms with Crippen molar-refractivity contribution in [2.24, 2.45) is 0 Å². The van der Waals surface area contributed by atoms with Crippen LogP contribution in [0.25, 0.3) is 0 Å². The molecule has 2 saturated heterocycles. The SMILES string of the molecule is CC(C(=O)N1CCCC1)N1CCN(CCC(F)(F)F)CC1. The maximum absolute atomic E-state index is 12.3. The van der Waals surface area contributed by atoms with Crippen molar-refractivity contribution < 1.29 is 18.0 Å². The number of nitrogens with zero attached hydrogens (tertiary/aromatic N) is 3. The van der Waals surface area contributed by atoms with Crippen molar-refractivity contribution in [2.45, 2.75) is 38.4 Å². The second kappa shape index (κ2) is 6.96. The van der Waals surface area contributed by atoms with E-state index in [4.69, 9.17) is 0 Å². The Morgan fingerprint density at radius 1 is 1.05 bits per heavy atom. The maximum Gasteiger partial charge on any atom is 0.390 e. The van der Waals surface area contributed by atoms with Crippen LogP contribution in [0.3, 0.4) is 0 Å². The lowest BCUT2D eigenvalue weighted by molar-refractivity contribution is -0.140. The number of hydrogen-bond acceptors (Lipinski definition) is 3. The van der Waals surface area contributed by atoms with Gasteiger partial charge in [0.05, 0.1) is 12.5 Å². The third-order valence-corrected chi connectivity index (χ3v) is 4.44. The molecule has 0 aromatic rings. The van der Waals surface area contributed by atoms with Gasteiger partial charge < -0.3 is 9.80 Å². The minimum Gasteiger partial charge on any atom is -0.341 e. The first-order valence-corrected chi connectivity index (χ1v) is 7.69. The standard InChI is InChI=1S/C14H24F3N3O/c1-12(13(21)20-5-2-3-6-20)19-10-8-18(9-11-19)7-4-14(15,16)17/h12H,2-11H2,1H3. The van der Waals surface area contributed by atoms with Gasteiger partial charge in [0.1, 0.15) is 0 Å². The summed E-state index contributed by atoms with van der Waals surface area (Å²) in [5, 5.41) is 0. The van der Waals surface area contributed by atoms with E-state index in [-0.39, 0.29) is 18.5 Å². The fourth-order valence-electron chi connectivity index (χ4n) is 3.02. The van der Waals surface area contributed by atoms with Gasteiger partial charge in [-0.05, 0) is 19.8 Å². The molecule has 0 saturated carbocycles. The van der Waals surface area contributed by atoms with Gasteiger partial charge in [0, 0.05) is 45.8 Å². The molecule has 2 heterocycles. The summed E-state index contributed by atoms with van der Waals surface area (Å²) in [7, 11) is 0. The van der Waals surface area contributed by atoms with Crippen molar-refractivity contribution in [3.8, 4) is 0 Å². The van der Waals surface area contributed by atoms with Gasteiger partial charge in [-0.15, -0.1) is 0 Å². The molecular weight excluding hydrogens is 283 g/mol. The average molecular weight is 307 g/mol. The Morgan fingerprint density at radius 2 is 1.62 bits per heavy atom. The Hall–Kier alpha value is -0.820. The molecule has 1 unspecified atom stereocenters. The van der Waals surface area contributed by atoms with E-state index in [1.54, 1.807) is 0 Å². The number of hydrogen-bond donors (Lipinski definition) is 0. The molecule has 0 aromatic heterocycles. The highest BCUT2D eigenvalue weighted by Gasteiger charge is 2.32. The highest BCUT2D eigenvalue weighted by Crippen LogP contribution is 2.20. The predicted molar refractivity (Wildman–Crippen MR) is 74.0 cm³/mol. The van der Waals surface area contributed by atoms with E-state index in [0.29, 0.717) is 26.2 Å². The highest BCUT2D eigenvalue weighted by atomic mass is 19.4. The Morgan fingerprint density at radius 3 is 2.14 bits per heavy atom. The van der Waals surface area contributed by atoms with Crippen molar-refractivity contribution >= 4 is 5.91 Å². The minimum absolute atomic E-state index is 0.0613. The Bertz CT molecular complexity index is 348. The van der Waals surface area contributed by atoms with Gasteiger partial charge in [-0.2, -0.15) is 13.2 Å². The molecule has 0 spiro atoms. The quantitative estimate of drug-likeness (QED) is 0.789.